The number of nitrogens with one attached hydrogen (secondary N) is 2. The summed E-state index contributed by atoms with van der Waals surface area (Å²) < 4.78 is 10.9. The normalized spacial score (nSPS) is 11.1. The maximum Gasteiger partial charge on any atom is 0.191 e. The maximum atomic E-state index is 9.99. The third-order valence-corrected chi connectivity index (χ3v) is 3.76. The first-order valence-corrected chi connectivity index (χ1v) is 8.76. The second-order valence-electron chi connectivity index (χ2n) is 5.58. The summed E-state index contributed by atoms with van der Waals surface area (Å²) in [6, 6.07) is 13.0. The number of nitrogens with zero attached hydrogens (tertiary/aromatic N) is 1. The van der Waals surface area contributed by atoms with Crippen molar-refractivity contribution in [1.82, 2.24) is 10.6 Å². The number of methoxy groups -OCH3 is 1. The Morgan fingerprint density at radius 3 is 2.62 bits per heavy atom. The van der Waals surface area contributed by atoms with E-state index in [0.29, 0.717) is 37.0 Å². The highest BCUT2D eigenvalue weighted by Crippen LogP contribution is 2.23. The molecule has 6 nitrogen and oxygen atoms in total. The number of hydrogen-bond acceptors (Lipinski definition) is 4. The van der Waals surface area contributed by atoms with Crippen LogP contribution >= 0.6 is 0 Å². The number of phenolic OH excluding ortho intramolecular Hbond substituents is 1. The summed E-state index contributed by atoms with van der Waals surface area (Å²) in [4.78, 5) is 4.55. The van der Waals surface area contributed by atoms with Gasteiger partial charge in [0.1, 0.15) is 17.2 Å². The standard InChI is InChI=1S/C20H27N3O3/c1-4-21-20(22-13-15-8-6-7-9-19(15)26-5-2)23-14-16-12-17(25-3)10-11-18(16)24/h6-12,24H,4-5,13-14H2,1-3H3,(H2,21,22,23). The van der Waals surface area contributed by atoms with Crippen LogP contribution in [0.15, 0.2) is 47.5 Å². The first-order chi connectivity index (χ1) is 12.7. The molecule has 0 saturated carbocycles. The molecule has 0 aliphatic rings. The van der Waals surface area contributed by atoms with E-state index in [0.717, 1.165) is 17.9 Å². The third-order valence-electron chi connectivity index (χ3n) is 3.76. The lowest BCUT2D eigenvalue weighted by molar-refractivity contribution is 0.336. The molecule has 2 aromatic rings. The van der Waals surface area contributed by atoms with Gasteiger partial charge in [0.05, 0.1) is 20.3 Å². The van der Waals surface area contributed by atoms with Gasteiger partial charge in [0.25, 0.3) is 0 Å². The number of rotatable bonds is 8. The van der Waals surface area contributed by atoms with Crippen molar-refractivity contribution in [3.63, 3.8) is 0 Å². The predicted octanol–water partition coefficient (Wildman–Crippen LogP) is 3.05. The first-order valence-electron chi connectivity index (χ1n) is 8.76. The highest BCUT2D eigenvalue weighted by molar-refractivity contribution is 5.79. The van der Waals surface area contributed by atoms with Gasteiger partial charge < -0.3 is 25.2 Å². The third kappa shape index (κ3) is 5.58. The van der Waals surface area contributed by atoms with Crippen LogP contribution in [0.25, 0.3) is 0 Å². The Bertz CT molecular complexity index is 732. The van der Waals surface area contributed by atoms with Crippen LogP contribution < -0.4 is 20.1 Å². The summed E-state index contributed by atoms with van der Waals surface area (Å²) in [6.07, 6.45) is 0. The second kappa shape index (κ2) is 10.2. The van der Waals surface area contributed by atoms with Gasteiger partial charge in [-0.3, -0.25) is 0 Å². The van der Waals surface area contributed by atoms with Gasteiger partial charge in [0, 0.05) is 24.2 Å². The molecule has 0 aliphatic heterocycles. The van der Waals surface area contributed by atoms with Gasteiger partial charge in [-0.05, 0) is 38.1 Å². The molecule has 140 valence electrons. The number of aromatic hydroxyl groups is 1. The van der Waals surface area contributed by atoms with Gasteiger partial charge in [-0.25, -0.2) is 4.99 Å². The molecule has 0 atom stereocenters. The number of aliphatic imine (C=N–C) groups is 1. The molecule has 0 saturated heterocycles. The summed E-state index contributed by atoms with van der Waals surface area (Å²) in [6.45, 7) is 6.27. The van der Waals surface area contributed by atoms with E-state index in [1.165, 1.54) is 0 Å². The molecule has 6 heteroatoms. The zero-order valence-electron chi connectivity index (χ0n) is 15.6. The van der Waals surface area contributed by atoms with Crippen molar-refractivity contribution in [2.75, 3.05) is 20.3 Å². The highest BCUT2D eigenvalue weighted by atomic mass is 16.5. The molecule has 0 heterocycles. The molecular formula is C20H27N3O3. The molecule has 26 heavy (non-hydrogen) atoms. The summed E-state index contributed by atoms with van der Waals surface area (Å²) >= 11 is 0. The molecule has 0 aromatic heterocycles. The Kier molecular flexibility index (Phi) is 7.61. The Labute approximate surface area is 154 Å². The Balaban J connectivity index is 2.08. The fourth-order valence-corrected chi connectivity index (χ4v) is 2.45. The number of para-hydroxylation sites is 1. The minimum Gasteiger partial charge on any atom is -0.508 e. The van der Waals surface area contributed by atoms with Crippen molar-refractivity contribution in [3.8, 4) is 17.2 Å². The molecule has 0 aliphatic carbocycles. The molecule has 0 spiro atoms. The van der Waals surface area contributed by atoms with Crippen LogP contribution in [0, 0.1) is 0 Å². The summed E-state index contributed by atoms with van der Waals surface area (Å²) in [7, 11) is 1.60. The van der Waals surface area contributed by atoms with Gasteiger partial charge >= 0.3 is 0 Å². The van der Waals surface area contributed by atoms with Gasteiger partial charge in [-0.1, -0.05) is 18.2 Å². The number of phenols is 1. The van der Waals surface area contributed by atoms with Crippen LogP contribution in [0.4, 0.5) is 0 Å². The van der Waals surface area contributed by atoms with Crippen LogP contribution in [0.5, 0.6) is 17.2 Å². The molecule has 0 fully saturated rings. The maximum absolute atomic E-state index is 9.99. The fraction of sp³-hybridized carbons (Fsp3) is 0.350. The molecule has 0 unspecified atom stereocenters. The van der Waals surface area contributed by atoms with E-state index in [2.05, 4.69) is 15.6 Å². The molecular weight excluding hydrogens is 330 g/mol. The van der Waals surface area contributed by atoms with E-state index in [1.807, 2.05) is 38.1 Å². The highest BCUT2D eigenvalue weighted by Gasteiger charge is 2.06. The average Bonchev–Trinajstić information content (AvgIpc) is 2.66. The van der Waals surface area contributed by atoms with Crippen molar-refractivity contribution in [1.29, 1.82) is 0 Å². The van der Waals surface area contributed by atoms with Crippen LogP contribution in [-0.2, 0) is 13.1 Å². The van der Waals surface area contributed by atoms with E-state index < -0.39 is 0 Å². The smallest absolute Gasteiger partial charge is 0.191 e. The number of benzene rings is 2. The number of guanidine groups is 1. The number of hydrogen-bond donors (Lipinski definition) is 3. The topological polar surface area (TPSA) is 75.1 Å². The molecule has 0 bridgehead atoms. The van der Waals surface area contributed by atoms with Crippen LogP contribution in [0.2, 0.25) is 0 Å². The largest absolute Gasteiger partial charge is 0.508 e. The second-order valence-corrected chi connectivity index (χ2v) is 5.58. The van der Waals surface area contributed by atoms with E-state index in [1.54, 1.807) is 25.3 Å². The first kappa shape index (κ1) is 19.4. The lowest BCUT2D eigenvalue weighted by Gasteiger charge is -2.14. The van der Waals surface area contributed by atoms with E-state index in [9.17, 15) is 5.11 Å². The van der Waals surface area contributed by atoms with Gasteiger partial charge in [0.15, 0.2) is 5.96 Å². The van der Waals surface area contributed by atoms with E-state index >= 15 is 0 Å². The Morgan fingerprint density at radius 1 is 1.08 bits per heavy atom. The average molecular weight is 357 g/mol. The van der Waals surface area contributed by atoms with Crippen molar-refractivity contribution < 1.29 is 14.6 Å². The van der Waals surface area contributed by atoms with Crippen molar-refractivity contribution in [2.24, 2.45) is 4.99 Å². The fourth-order valence-electron chi connectivity index (χ4n) is 2.45. The Hall–Kier alpha value is -2.89. The Morgan fingerprint density at radius 2 is 1.88 bits per heavy atom. The molecule has 3 N–H and O–H groups in total. The zero-order valence-corrected chi connectivity index (χ0v) is 15.6. The summed E-state index contributed by atoms with van der Waals surface area (Å²) in [5.41, 5.74) is 1.76. The van der Waals surface area contributed by atoms with E-state index in [4.69, 9.17) is 9.47 Å². The molecule has 2 aromatic carbocycles. The SMILES string of the molecule is CCNC(=NCc1cc(OC)ccc1O)NCc1ccccc1OCC. The monoisotopic (exact) mass is 357 g/mol. The van der Waals surface area contributed by atoms with Crippen molar-refractivity contribution in [2.45, 2.75) is 26.9 Å². The van der Waals surface area contributed by atoms with Gasteiger partial charge in [-0.2, -0.15) is 0 Å². The van der Waals surface area contributed by atoms with Crippen LogP contribution in [0.1, 0.15) is 25.0 Å². The number of ether oxygens (including phenoxy) is 2. The molecule has 0 radical (unpaired) electrons. The minimum absolute atomic E-state index is 0.201. The van der Waals surface area contributed by atoms with Crippen molar-refractivity contribution in [3.05, 3.63) is 53.6 Å². The zero-order chi connectivity index (χ0) is 18.8. The molecule has 0 amide bonds. The van der Waals surface area contributed by atoms with Gasteiger partial charge in [-0.15, -0.1) is 0 Å². The van der Waals surface area contributed by atoms with Crippen molar-refractivity contribution >= 4 is 5.96 Å². The lowest BCUT2D eigenvalue weighted by atomic mass is 10.2. The lowest BCUT2D eigenvalue weighted by Crippen LogP contribution is -2.36. The minimum atomic E-state index is 0.201. The van der Waals surface area contributed by atoms with Crippen LogP contribution in [-0.4, -0.2) is 31.3 Å². The summed E-state index contributed by atoms with van der Waals surface area (Å²) in [5, 5.41) is 16.5. The van der Waals surface area contributed by atoms with Gasteiger partial charge in [0.2, 0.25) is 0 Å². The summed E-state index contributed by atoms with van der Waals surface area (Å²) in [5.74, 6) is 2.42. The predicted molar refractivity (Wildman–Crippen MR) is 104 cm³/mol. The molecule has 2 rings (SSSR count). The van der Waals surface area contributed by atoms with E-state index in [-0.39, 0.29) is 5.75 Å². The van der Waals surface area contributed by atoms with Crippen LogP contribution in [0.3, 0.4) is 0 Å². The quantitative estimate of drug-likeness (QED) is 0.500.